The summed E-state index contributed by atoms with van der Waals surface area (Å²) < 4.78 is 0. The zero-order chi connectivity index (χ0) is 8.81. The zero-order valence-electron chi connectivity index (χ0n) is 6.18. The van der Waals surface area contributed by atoms with Gasteiger partial charge in [-0.15, -0.1) is 0 Å². The maximum atomic E-state index is 9.38. The van der Waals surface area contributed by atoms with Gasteiger partial charge in [0.15, 0.2) is 0 Å². The highest BCUT2D eigenvalue weighted by atomic mass is 16.4. The maximum Gasteiger partial charge on any atom is 0.112 e. The molecular weight excluding hydrogens is 150 g/mol. The SMILES string of the molecule is C[C@]1(O)[C@@H](N)[C@@H](O)[C@H](O)[C@@H]1O. The Balaban J connectivity index is 2.87. The minimum atomic E-state index is -1.61. The summed E-state index contributed by atoms with van der Waals surface area (Å²) in [7, 11) is 0. The van der Waals surface area contributed by atoms with Crippen molar-refractivity contribution in [1.29, 1.82) is 0 Å². The number of aliphatic hydroxyl groups excluding tert-OH is 3. The van der Waals surface area contributed by atoms with E-state index in [-0.39, 0.29) is 0 Å². The predicted octanol–water partition coefficient (Wildman–Crippen LogP) is -2.84. The van der Waals surface area contributed by atoms with Crippen LogP contribution in [-0.2, 0) is 0 Å². The van der Waals surface area contributed by atoms with Crippen molar-refractivity contribution >= 4 is 0 Å². The lowest BCUT2D eigenvalue weighted by molar-refractivity contribution is -0.0832. The minimum Gasteiger partial charge on any atom is -0.389 e. The third-order valence-corrected chi connectivity index (χ3v) is 2.31. The van der Waals surface area contributed by atoms with Crippen LogP contribution in [0.1, 0.15) is 6.92 Å². The molecule has 11 heavy (non-hydrogen) atoms. The molecule has 0 bridgehead atoms. The van der Waals surface area contributed by atoms with Crippen molar-refractivity contribution in [3.63, 3.8) is 0 Å². The Morgan fingerprint density at radius 3 is 1.73 bits per heavy atom. The molecule has 0 heterocycles. The van der Waals surface area contributed by atoms with Gasteiger partial charge in [0.2, 0.25) is 0 Å². The molecule has 66 valence electrons. The molecule has 5 atom stereocenters. The molecular formula is C6H13NO4. The molecule has 1 aliphatic rings. The molecule has 1 aliphatic carbocycles. The van der Waals surface area contributed by atoms with Gasteiger partial charge in [-0.3, -0.25) is 0 Å². The van der Waals surface area contributed by atoms with Crippen LogP contribution in [0.3, 0.4) is 0 Å². The second kappa shape index (κ2) is 2.40. The normalized spacial score (nSPS) is 58.4. The van der Waals surface area contributed by atoms with E-state index in [9.17, 15) is 5.11 Å². The van der Waals surface area contributed by atoms with Crippen molar-refractivity contribution in [3.05, 3.63) is 0 Å². The third kappa shape index (κ3) is 1.05. The molecule has 0 aromatic carbocycles. The van der Waals surface area contributed by atoms with Crippen LogP contribution in [0.2, 0.25) is 0 Å². The number of hydrogen-bond donors (Lipinski definition) is 5. The van der Waals surface area contributed by atoms with Gasteiger partial charge in [0.1, 0.15) is 23.9 Å². The highest BCUT2D eigenvalue weighted by molar-refractivity contribution is 5.09. The molecule has 5 nitrogen and oxygen atoms in total. The summed E-state index contributed by atoms with van der Waals surface area (Å²) in [5.74, 6) is 0. The summed E-state index contributed by atoms with van der Waals surface area (Å²) in [6.45, 7) is 1.28. The van der Waals surface area contributed by atoms with Crippen LogP contribution in [-0.4, -0.2) is 50.4 Å². The van der Waals surface area contributed by atoms with Crippen molar-refractivity contribution in [2.45, 2.75) is 36.9 Å². The van der Waals surface area contributed by atoms with Gasteiger partial charge in [0.05, 0.1) is 6.04 Å². The summed E-state index contributed by atoms with van der Waals surface area (Å²) >= 11 is 0. The van der Waals surface area contributed by atoms with Gasteiger partial charge in [-0.25, -0.2) is 0 Å². The molecule has 0 spiro atoms. The third-order valence-electron chi connectivity index (χ3n) is 2.31. The topological polar surface area (TPSA) is 107 Å². The van der Waals surface area contributed by atoms with Crippen molar-refractivity contribution in [2.75, 3.05) is 0 Å². The van der Waals surface area contributed by atoms with Gasteiger partial charge in [-0.2, -0.15) is 0 Å². The van der Waals surface area contributed by atoms with Crippen LogP contribution in [0.25, 0.3) is 0 Å². The molecule has 0 radical (unpaired) electrons. The van der Waals surface area contributed by atoms with Gasteiger partial charge in [-0.05, 0) is 6.92 Å². The largest absolute Gasteiger partial charge is 0.389 e. The monoisotopic (exact) mass is 163 g/mol. The van der Waals surface area contributed by atoms with Gasteiger partial charge in [-0.1, -0.05) is 0 Å². The first-order chi connectivity index (χ1) is 4.89. The molecule has 1 fully saturated rings. The van der Waals surface area contributed by atoms with Crippen LogP contribution in [0.15, 0.2) is 0 Å². The molecule has 0 aromatic heterocycles. The summed E-state index contributed by atoms with van der Waals surface area (Å²) in [4.78, 5) is 0. The molecule has 1 saturated carbocycles. The molecule has 0 unspecified atom stereocenters. The summed E-state index contributed by atoms with van der Waals surface area (Å²) in [5.41, 5.74) is 3.70. The molecule has 1 rings (SSSR count). The summed E-state index contributed by atoms with van der Waals surface area (Å²) in [5, 5.41) is 36.6. The molecule has 6 N–H and O–H groups in total. The van der Waals surface area contributed by atoms with Gasteiger partial charge < -0.3 is 26.2 Å². The average Bonchev–Trinajstić information content (AvgIpc) is 2.06. The van der Waals surface area contributed by atoms with Gasteiger partial charge in [0.25, 0.3) is 0 Å². The fourth-order valence-corrected chi connectivity index (χ4v) is 1.29. The quantitative estimate of drug-likeness (QED) is 0.264. The molecule has 0 saturated heterocycles. The Labute approximate surface area is 64.1 Å². The van der Waals surface area contributed by atoms with Crippen LogP contribution < -0.4 is 5.73 Å². The van der Waals surface area contributed by atoms with Gasteiger partial charge >= 0.3 is 0 Å². The van der Waals surface area contributed by atoms with Crippen molar-refractivity contribution in [2.24, 2.45) is 5.73 Å². The Kier molecular flexibility index (Phi) is 1.94. The predicted molar refractivity (Wildman–Crippen MR) is 36.6 cm³/mol. The van der Waals surface area contributed by atoms with Crippen molar-refractivity contribution in [1.82, 2.24) is 0 Å². The van der Waals surface area contributed by atoms with Crippen LogP contribution in [0.5, 0.6) is 0 Å². The second-order valence-electron chi connectivity index (χ2n) is 3.18. The first-order valence-corrected chi connectivity index (χ1v) is 3.41. The highest BCUT2D eigenvalue weighted by Gasteiger charge is 2.54. The van der Waals surface area contributed by atoms with Gasteiger partial charge in [0, 0.05) is 0 Å². The Hall–Kier alpha value is -0.200. The average molecular weight is 163 g/mol. The van der Waals surface area contributed by atoms with E-state index < -0.39 is 30.0 Å². The second-order valence-corrected chi connectivity index (χ2v) is 3.18. The minimum absolute atomic E-state index is 1.01. The number of rotatable bonds is 0. The zero-order valence-corrected chi connectivity index (χ0v) is 6.18. The molecule has 0 amide bonds. The first kappa shape index (κ1) is 8.89. The lowest BCUT2D eigenvalue weighted by Gasteiger charge is -2.25. The van der Waals surface area contributed by atoms with E-state index >= 15 is 0 Å². The summed E-state index contributed by atoms with van der Waals surface area (Å²) in [6.07, 6.45) is -4.01. The Bertz CT molecular complexity index is 145. The van der Waals surface area contributed by atoms with Crippen LogP contribution in [0.4, 0.5) is 0 Å². The maximum absolute atomic E-state index is 9.38. The van der Waals surface area contributed by atoms with E-state index in [2.05, 4.69) is 0 Å². The standard InChI is InChI=1S/C6H13NO4/c1-6(11)4(7)2(8)3(9)5(6)10/h2-5,8-11H,7H2,1H3/t2-,3-,4-,5-,6-/m0/s1. The van der Waals surface area contributed by atoms with E-state index in [1.165, 1.54) is 6.92 Å². The number of aliphatic hydroxyl groups is 4. The lowest BCUT2D eigenvalue weighted by Crippen LogP contribution is -2.50. The Morgan fingerprint density at radius 1 is 1.18 bits per heavy atom. The van der Waals surface area contributed by atoms with Crippen molar-refractivity contribution in [3.8, 4) is 0 Å². The smallest absolute Gasteiger partial charge is 0.112 e. The lowest BCUT2D eigenvalue weighted by atomic mass is 9.99. The molecule has 0 aromatic rings. The number of hydrogen-bond acceptors (Lipinski definition) is 5. The fourth-order valence-electron chi connectivity index (χ4n) is 1.29. The first-order valence-electron chi connectivity index (χ1n) is 3.41. The fraction of sp³-hybridized carbons (Fsp3) is 1.00. The van der Waals surface area contributed by atoms with E-state index in [0.717, 1.165) is 0 Å². The van der Waals surface area contributed by atoms with E-state index in [0.29, 0.717) is 0 Å². The highest BCUT2D eigenvalue weighted by Crippen LogP contribution is 2.29. The van der Waals surface area contributed by atoms with Crippen molar-refractivity contribution < 1.29 is 20.4 Å². The number of nitrogens with two attached hydrogens (primary N) is 1. The van der Waals surface area contributed by atoms with E-state index in [1.807, 2.05) is 0 Å². The van der Waals surface area contributed by atoms with E-state index in [1.54, 1.807) is 0 Å². The van der Waals surface area contributed by atoms with E-state index in [4.69, 9.17) is 21.1 Å². The molecule has 0 aliphatic heterocycles. The van der Waals surface area contributed by atoms with Crippen LogP contribution >= 0.6 is 0 Å². The van der Waals surface area contributed by atoms with Crippen LogP contribution in [0, 0.1) is 0 Å². The summed E-state index contributed by atoms with van der Waals surface area (Å²) in [6, 6.07) is -1.01. The Morgan fingerprint density at radius 2 is 1.64 bits per heavy atom. The molecule has 5 heteroatoms.